The van der Waals surface area contributed by atoms with Crippen LogP contribution in [-0.2, 0) is 5.54 Å². The van der Waals surface area contributed by atoms with E-state index >= 15 is 0 Å². The van der Waals surface area contributed by atoms with Crippen LogP contribution in [0.15, 0.2) is 12.3 Å². The van der Waals surface area contributed by atoms with Crippen LogP contribution in [0, 0.1) is 0 Å². The molecule has 0 bridgehead atoms. The molecule has 82 valence electrons. The zero-order valence-electron chi connectivity index (χ0n) is 9.03. The molecule has 0 amide bonds. The minimum atomic E-state index is -0.117. The van der Waals surface area contributed by atoms with Gasteiger partial charge in [0.15, 0.2) is 5.65 Å². The smallest absolute Gasteiger partial charge is 0.178 e. The third-order valence-corrected chi connectivity index (χ3v) is 3.70. The van der Waals surface area contributed by atoms with Crippen molar-refractivity contribution in [3.05, 3.63) is 23.7 Å². The molecule has 0 aliphatic heterocycles. The lowest BCUT2D eigenvalue weighted by atomic mass is 10.1. The molecule has 16 heavy (non-hydrogen) atoms. The summed E-state index contributed by atoms with van der Waals surface area (Å²) < 4.78 is 0. The van der Waals surface area contributed by atoms with Crippen molar-refractivity contribution in [2.24, 2.45) is 5.73 Å². The van der Waals surface area contributed by atoms with E-state index in [2.05, 4.69) is 15.0 Å². The number of H-pyrrole nitrogens is 1. The SMILES string of the molecule is NC1(c2ccnc3nc(C4CC4)[nH]c23)CC1. The van der Waals surface area contributed by atoms with E-state index in [9.17, 15) is 0 Å². The predicted octanol–water partition coefficient (Wildman–Crippen LogP) is 1.78. The van der Waals surface area contributed by atoms with Crippen molar-refractivity contribution in [3.8, 4) is 0 Å². The fraction of sp³-hybridized carbons (Fsp3) is 0.500. The third-order valence-electron chi connectivity index (χ3n) is 3.70. The number of hydrogen-bond acceptors (Lipinski definition) is 3. The Hall–Kier alpha value is -1.42. The number of nitrogens with one attached hydrogen (secondary N) is 1. The zero-order chi connectivity index (χ0) is 10.8. The molecule has 4 nitrogen and oxygen atoms in total. The summed E-state index contributed by atoms with van der Waals surface area (Å²) in [5.41, 5.74) is 9.22. The summed E-state index contributed by atoms with van der Waals surface area (Å²) in [7, 11) is 0. The first-order valence-corrected chi connectivity index (χ1v) is 5.90. The molecular formula is C12H14N4. The summed E-state index contributed by atoms with van der Waals surface area (Å²) in [6, 6.07) is 2.03. The van der Waals surface area contributed by atoms with Gasteiger partial charge in [0.1, 0.15) is 5.82 Å². The highest BCUT2D eigenvalue weighted by Gasteiger charge is 2.42. The van der Waals surface area contributed by atoms with Gasteiger partial charge >= 0.3 is 0 Å². The van der Waals surface area contributed by atoms with Crippen molar-refractivity contribution < 1.29 is 0 Å². The maximum atomic E-state index is 6.26. The molecule has 0 unspecified atom stereocenters. The largest absolute Gasteiger partial charge is 0.340 e. The van der Waals surface area contributed by atoms with E-state index < -0.39 is 0 Å². The Bertz CT molecular complexity index is 563. The molecule has 0 atom stereocenters. The van der Waals surface area contributed by atoms with Crippen molar-refractivity contribution in [1.29, 1.82) is 0 Å². The summed E-state index contributed by atoms with van der Waals surface area (Å²) in [4.78, 5) is 12.3. The number of rotatable bonds is 2. The molecule has 0 radical (unpaired) electrons. The van der Waals surface area contributed by atoms with Gasteiger partial charge in [-0.25, -0.2) is 9.97 Å². The molecule has 2 aliphatic carbocycles. The Morgan fingerprint density at radius 3 is 2.88 bits per heavy atom. The highest BCUT2D eigenvalue weighted by molar-refractivity contribution is 5.76. The van der Waals surface area contributed by atoms with E-state index in [0.717, 1.165) is 29.8 Å². The van der Waals surface area contributed by atoms with Crippen LogP contribution in [0.3, 0.4) is 0 Å². The van der Waals surface area contributed by atoms with Crippen molar-refractivity contribution in [2.75, 3.05) is 0 Å². The fourth-order valence-electron chi connectivity index (χ4n) is 2.30. The molecule has 2 saturated carbocycles. The molecule has 2 aromatic heterocycles. The Kier molecular flexibility index (Phi) is 1.43. The summed E-state index contributed by atoms with van der Waals surface area (Å²) in [5.74, 6) is 1.73. The molecule has 2 fully saturated rings. The highest BCUT2D eigenvalue weighted by Crippen LogP contribution is 2.45. The Morgan fingerprint density at radius 2 is 2.19 bits per heavy atom. The van der Waals surface area contributed by atoms with Gasteiger partial charge < -0.3 is 10.7 Å². The maximum Gasteiger partial charge on any atom is 0.178 e. The van der Waals surface area contributed by atoms with Gasteiger partial charge in [-0.15, -0.1) is 0 Å². The summed E-state index contributed by atoms with van der Waals surface area (Å²) in [5, 5.41) is 0. The van der Waals surface area contributed by atoms with E-state index in [4.69, 9.17) is 5.73 Å². The molecule has 2 aromatic rings. The number of nitrogens with zero attached hydrogens (tertiary/aromatic N) is 2. The van der Waals surface area contributed by atoms with Crippen LogP contribution in [0.2, 0.25) is 0 Å². The minimum absolute atomic E-state index is 0.117. The lowest BCUT2D eigenvalue weighted by molar-refractivity contribution is 0.744. The van der Waals surface area contributed by atoms with Gasteiger partial charge in [-0.2, -0.15) is 0 Å². The van der Waals surface area contributed by atoms with Crippen LogP contribution in [-0.4, -0.2) is 15.0 Å². The number of fused-ring (bicyclic) bond motifs is 1. The van der Waals surface area contributed by atoms with Crippen molar-refractivity contribution in [2.45, 2.75) is 37.1 Å². The number of nitrogens with two attached hydrogens (primary N) is 1. The number of aromatic nitrogens is 3. The summed E-state index contributed by atoms with van der Waals surface area (Å²) in [6.07, 6.45) is 6.47. The third kappa shape index (κ3) is 1.13. The Balaban J connectivity index is 1.94. The second-order valence-electron chi connectivity index (χ2n) is 5.11. The lowest BCUT2D eigenvalue weighted by Gasteiger charge is -2.08. The van der Waals surface area contributed by atoms with Crippen LogP contribution in [0.4, 0.5) is 0 Å². The molecular weight excluding hydrogens is 200 g/mol. The molecule has 2 heterocycles. The van der Waals surface area contributed by atoms with Crippen molar-refractivity contribution in [3.63, 3.8) is 0 Å². The van der Waals surface area contributed by atoms with Gasteiger partial charge in [0.05, 0.1) is 5.52 Å². The highest BCUT2D eigenvalue weighted by atomic mass is 15.0. The van der Waals surface area contributed by atoms with Crippen LogP contribution in [0.5, 0.6) is 0 Å². The second-order valence-corrected chi connectivity index (χ2v) is 5.11. The number of imidazole rings is 1. The summed E-state index contributed by atoms with van der Waals surface area (Å²) >= 11 is 0. The quantitative estimate of drug-likeness (QED) is 0.800. The monoisotopic (exact) mass is 214 g/mol. The van der Waals surface area contributed by atoms with Gasteiger partial charge in [-0.3, -0.25) is 0 Å². The molecule has 0 saturated heterocycles. The normalized spacial score (nSPS) is 22.6. The Morgan fingerprint density at radius 1 is 1.38 bits per heavy atom. The second kappa shape index (κ2) is 2.63. The average Bonchev–Trinajstić information content (AvgIpc) is 3.19. The first-order chi connectivity index (χ1) is 7.76. The number of hydrogen-bond donors (Lipinski definition) is 2. The molecule has 3 N–H and O–H groups in total. The number of pyridine rings is 1. The van der Waals surface area contributed by atoms with E-state index in [0.29, 0.717) is 5.92 Å². The van der Waals surface area contributed by atoms with Gasteiger partial charge in [0.2, 0.25) is 0 Å². The molecule has 2 aliphatic rings. The first kappa shape index (κ1) is 8.70. The van der Waals surface area contributed by atoms with E-state index in [1.54, 1.807) is 0 Å². The van der Waals surface area contributed by atoms with Gasteiger partial charge in [0.25, 0.3) is 0 Å². The summed E-state index contributed by atoms with van der Waals surface area (Å²) in [6.45, 7) is 0. The van der Waals surface area contributed by atoms with Crippen LogP contribution in [0.1, 0.15) is 43.0 Å². The van der Waals surface area contributed by atoms with Gasteiger partial charge in [-0.05, 0) is 31.7 Å². The van der Waals surface area contributed by atoms with Crippen molar-refractivity contribution >= 4 is 11.2 Å². The lowest BCUT2D eigenvalue weighted by Crippen LogP contribution is -2.19. The van der Waals surface area contributed by atoms with Crippen LogP contribution in [0.25, 0.3) is 11.2 Å². The van der Waals surface area contributed by atoms with E-state index in [1.807, 2.05) is 12.3 Å². The zero-order valence-corrected chi connectivity index (χ0v) is 9.03. The van der Waals surface area contributed by atoms with E-state index in [-0.39, 0.29) is 5.54 Å². The van der Waals surface area contributed by atoms with Crippen LogP contribution < -0.4 is 5.73 Å². The molecule has 0 aromatic carbocycles. The number of aromatic amines is 1. The van der Waals surface area contributed by atoms with Gasteiger partial charge in [0, 0.05) is 23.2 Å². The van der Waals surface area contributed by atoms with Crippen LogP contribution >= 0.6 is 0 Å². The first-order valence-electron chi connectivity index (χ1n) is 5.90. The Labute approximate surface area is 93.3 Å². The standard InChI is InChI=1S/C12H14N4/c13-12(4-5-12)8-3-6-14-11-9(8)15-10(16-11)7-1-2-7/h3,6-7H,1-2,4-5,13H2,(H,14,15,16). The average molecular weight is 214 g/mol. The fourth-order valence-corrected chi connectivity index (χ4v) is 2.30. The minimum Gasteiger partial charge on any atom is -0.340 e. The van der Waals surface area contributed by atoms with E-state index in [1.165, 1.54) is 18.4 Å². The molecule has 0 spiro atoms. The van der Waals surface area contributed by atoms with Crippen molar-refractivity contribution in [1.82, 2.24) is 15.0 Å². The molecule has 4 rings (SSSR count). The van der Waals surface area contributed by atoms with Gasteiger partial charge in [-0.1, -0.05) is 0 Å². The predicted molar refractivity (Wildman–Crippen MR) is 61.0 cm³/mol. The topological polar surface area (TPSA) is 67.6 Å². The maximum absolute atomic E-state index is 6.26. The molecule has 4 heteroatoms.